The lowest BCUT2D eigenvalue weighted by Crippen LogP contribution is -2.58. The van der Waals surface area contributed by atoms with Crippen LogP contribution >= 0.6 is 11.3 Å². The van der Waals surface area contributed by atoms with Crippen LogP contribution in [0.25, 0.3) is 10.2 Å². The van der Waals surface area contributed by atoms with Crippen LogP contribution in [0.3, 0.4) is 0 Å². The molecule has 6 heteroatoms. The standard InChI is InChI=1S/C14H20N4OS/c1-4-19-10-7-9(14(10,2)3)16-11-8-5-6-20-12(8)18-13(15)17-11/h5-6,9-10H,4,7H2,1-3H3,(H3,15,16,17,18). The van der Waals surface area contributed by atoms with Crippen molar-refractivity contribution in [1.82, 2.24) is 9.97 Å². The Bertz CT molecular complexity index is 625. The minimum Gasteiger partial charge on any atom is -0.378 e. The second kappa shape index (κ2) is 4.86. The Morgan fingerprint density at radius 1 is 1.50 bits per heavy atom. The molecule has 2 aromatic rings. The van der Waals surface area contributed by atoms with Crippen molar-refractivity contribution in [1.29, 1.82) is 0 Å². The van der Waals surface area contributed by atoms with Crippen molar-refractivity contribution in [2.75, 3.05) is 17.7 Å². The smallest absolute Gasteiger partial charge is 0.223 e. The van der Waals surface area contributed by atoms with Crippen molar-refractivity contribution < 1.29 is 4.74 Å². The van der Waals surface area contributed by atoms with Gasteiger partial charge in [0, 0.05) is 18.1 Å². The number of fused-ring (bicyclic) bond motifs is 1. The molecular weight excluding hydrogens is 272 g/mol. The van der Waals surface area contributed by atoms with Crippen LogP contribution in [-0.2, 0) is 4.74 Å². The number of hydrogen-bond donors (Lipinski definition) is 2. The Hall–Kier alpha value is -1.40. The van der Waals surface area contributed by atoms with Crippen LogP contribution in [0.2, 0.25) is 0 Å². The van der Waals surface area contributed by atoms with Gasteiger partial charge in [0.05, 0.1) is 11.5 Å². The van der Waals surface area contributed by atoms with Crippen molar-refractivity contribution in [3.05, 3.63) is 11.4 Å². The van der Waals surface area contributed by atoms with Gasteiger partial charge in [-0.2, -0.15) is 4.98 Å². The molecule has 0 amide bonds. The van der Waals surface area contributed by atoms with E-state index in [2.05, 4.69) is 29.1 Å². The summed E-state index contributed by atoms with van der Waals surface area (Å²) in [6.45, 7) is 7.25. The number of nitrogens with one attached hydrogen (secondary N) is 1. The van der Waals surface area contributed by atoms with Gasteiger partial charge in [-0.25, -0.2) is 4.98 Å². The SMILES string of the molecule is CCOC1CC(Nc2nc(N)nc3sccc23)C1(C)C. The summed E-state index contributed by atoms with van der Waals surface area (Å²) in [4.78, 5) is 9.53. The lowest BCUT2D eigenvalue weighted by atomic mass is 9.64. The van der Waals surface area contributed by atoms with E-state index in [0.717, 1.165) is 29.1 Å². The maximum absolute atomic E-state index is 5.78. The van der Waals surface area contributed by atoms with Crippen LogP contribution in [-0.4, -0.2) is 28.7 Å². The maximum atomic E-state index is 5.78. The predicted octanol–water partition coefficient (Wildman–Crippen LogP) is 2.89. The van der Waals surface area contributed by atoms with Crippen LogP contribution in [0.5, 0.6) is 0 Å². The molecule has 0 saturated heterocycles. The van der Waals surface area contributed by atoms with Gasteiger partial charge in [-0.05, 0) is 24.8 Å². The number of nitrogen functional groups attached to an aromatic ring is 1. The molecule has 0 radical (unpaired) electrons. The normalized spacial score (nSPS) is 24.6. The van der Waals surface area contributed by atoms with Gasteiger partial charge in [0.2, 0.25) is 5.95 Å². The zero-order valence-electron chi connectivity index (χ0n) is 12.0. The first kappa shape index (κ1) is 13.6. The second-order valence-corrected chi connectivity index (χ2v) is 6.66. The minimum atomic E-state index is 0.0953. The first-order valence-electron chi connectivity index (χ1n) is 6.91. The predicted molar refractivity (Wildman–Crippen MR) is 83.1 cm³/mol. The molecule has 1 aliphatic rings. The molecule has 3 rings (SSSR count). The molecule has 3 N–H and O–H groups in total. The first-order chi connectivity index (χ1) is 9.52. The van der Waals surface area contributed by atoms with Crippen molar-refractivity contribution in [3.8, 4) is 0 Å². The molecule has 0 spiro atoms. The van der Waals surface area contributed by atoms with Gasteiger partial charge < -0.3 is 15.8 Å². The molecule has 5 nitrogen and oxygen atoms in total. The lowest BCUT2D eigenvalue weighted by molar-refractivity contribution is -0.0976. The average molecular weight is 292 g/mol. The minimum absolute atomic E-state index is 0.0953. The van der Waals surface area contributed by atoms with E-state index in [1.54, 1.807) is 11.3 Å². The molecule has 0 bridgehead atoms. The topological polar surface area (TPSA) is 73.1 Å². The molecule has 20 heavy (non-hydrogen) atoms. The largest absolute Gasteiger partial charge is 0.378 e. The first-order valence-corrected chi connectivity index (χ1v) is 7.79. The Morgan fingerprint density at radius 2 is 2.30 bits per heavy atom. The third kappa shape index (κ3) is 2.13. The Balaban J connectivity index is 1.83. The highest BCUT2D eigenvalue weighted by Gasteiger charge is 2.49. The number of aromatic nitrogens is 2. The monoisotopic (exact) mass is 292 g/mol. The molecule has 108 valence electrons. The Morgan fingerprint density at radius 3 is 3.00 bits per heavy atom. The second-order valence-electron chi connectivity index (χ2n) is 5.77. The van der Waals surface area contributed by atoms with Crippen molar-refractivity contribution in [3.63, 3.8) is 0 Å². The average Bonchev–Trinajstić information content (AvgIpc) is 2.85. The summed E-state index contributed by atoms with van der Waals surface area (Å²) in [5, 5.41) is 6.58. The molecule has 2 atom stereocenters. The quantitative estimate of drug-likeness (QED) is 0.906. The molecule has 2 aromatic heterocycles. The maximum Gasteiger partial charge on any atom is 0.223 e. The van der Waals surface area contributed by atoms with Gasteiger partial charge in [0.25, 0.3) is 0 Å². The fourth-order valence-electron chi connectivity index (χ4n) is 2.76. The summed E-state index contributed by atoms with van der Waals surface area (Å²) in [5.74, 6) is 1.16. The molecule has 1 aliphatic carbocycles. The van der Waals surface area contributed by atoms with Gasteiger partial charge in [-0.3, -0.25) is 0 Å². The lowest BCUT2D eigenvalue weighted by Gasteiger charge is -2.51. The van der Waals surface area contributed by atoms with E-state index < -0.39 is 0 Å². The van der Waals surface area contributed by atoms with E-state index in [9.17, 15) is 0 Å². The van der Waals surface area contributed by atoms with E-state index in [-0.39, 0.29) is 5.41 Å². The summed E-state index contributed by atoms with van der Waals surface area (Å²) < 4.78 is 5.76. The third-order valence-corrected chi connectivity index (χ3v) is 5.01. The highest BCUT2D eigenvalue weighted by Crippen LogP contribution is 2.44. The summed E-state index contributed by atoms with van der Waals surface area (Å²) in [7, 11) is 0. The van der Waals surface area contributed by atoms with E-state index in [1.807, 2.05) is 18.4 Å². The molecule has 1 saturated carbocycles. The Labute approximate surface area is 122 Å². The number of thiophene rings is 1. The molecule has 0 aromatic carbocycles. The molecular formula is C14H20N4OS. The van der Waals surface area contributed by atoms with Gasteiger partial charge in [0.1, 0.15) is 10.6 Å². The summed E-state index contributed by atoms with van der Waals surface area (Å²) in [6, 6.07) is 2.38. The van der Waals surface area contributed by atoms with E-state index >= 15 is 0 Å². The highest BCUT2D eigenvalue weighted by atomic mass is 32.1. The fourth-order valence-corrected chi connectivity index (χ4v) is 3.53. The van der Waals surface area contributed by atoms with Crippen molar-refractivity contribution >= 4 is 33.3 Å². The van der Waals surface area contributed by atoms with Crippen LogP contribution in [0.15, 0.2) is 11.4 Å². The number of rotatable bonds is 4. The molecule has 2 unspecified atom stereocenters. The Kier molecular flexibility index (Phi) is 3.30. The molecule has 2 heterocycles. The van der Waals surface area contributed by atoms with Crippen LogP contribution in [0.4, 0.5) is 11.8 Å². The summed E-state index contributed by atoms with van der Waals surface area (Å²) in [5.41, 5.74) is 5.88. The number of anilines is 2. The van der Waals surface area contributed by atoms with Gasteiger partial charge in [-0.15, -0.1) is 11.3 Å². The molecule has 0 aliphatic heterocycles. The van der Waals surface area contributed by atoms with Crippen molar-refractivity contribution in [2.45, 2.75) is 39.3 Å². The van der Waals surface area contributed by atoms with E-state index in [4.69, 9.17) is 10.5 Å². The van der Waals surface area contributed by atoms with Crippen LogP contribution in [0.1, 0.15) is 27.2 Å². The van der Waals surface area contributed by atoms with E-state index in [1.165, 1.54) is 0 Å². The van der Waals surface area contributed by atoms with Gasteiger partial charge in [-0.1, -0.05) is 13.8 Å². The van der Waals surface area contributed by atoms with E-state index in [0.29, 0.717) is 18.1 Å². The molecule has 1 fully saturated rings. The van der Waals surface area contributed by atoms with Gasteiger partial charge in [0.15, 0.2) is 0 Å². The number of nitrogens with zero attached hydrogens (tertiary/aromatic N) is 2. The highest BCUT2D eigenvalue weighted by molar-refractivity contribution is 7.16. The number of ether oxygens (including phenoxy) is 1. The van der Waals surface area contributed by atoms with Crippen LogP contribution in [0, 0.1) is 5.41 Å². The zero-order valence-corrected chi connectivity index (χ0v) is 12.8. The van der Waals surface area contributed by atoms with Crippen molar-refractivity contribution in [2.24, 2.45) is 5.41 Å². The number of nitrogens with two attached hydrogens (primary N) is 1. The summed E-state index contributed by atoms with van der Waals surface area (Å²) >= 11 is 1.58. The number of hydrogen-bond acceptors (Lipinski definition) is 6. The fraction of sp³-hybridized carbons (Fsp3) is 0.571. The van der Waals surface area contributed by atoms with Gasteiger partial charge >= 0.3 is 0 Å². The third-order valence-electron chi connectivity index (χ3n) is 4.20. The zero-order chi connectivity index (χ0) is 14.3. The van der Waals surface area contributed by atoms with Crippen LogP contribution < -0.4 is 11.1 Å². The summed E-state index contributed by atoms with van der Waals surface area (Å²) in [6.07, 6.45) is 1.30.